The van der Waals surface area contributed by atoms with Crippen molar-refractivity contribution in [1.82, 2.24) is 0 Å². The molecule has 0 aliphatic carbocycles. The van der Waals surface area contributed by atoms with Crippen molar-refractivity contribution in [2.75, 3.05) is 13.1 Å². The monoisotopic (exact) mass is 180 g/mol. The van der Waals surface area contributed by atoms with Crippen molar-refractivity contribution in [1.29, 1.82) is 0 Å². The molecule has 13 heavy (non-hydrogen) atoms. The molecule has 0 atom stereocenters. The van der Waals surface area contributed by atoms with E-state index in [9.17, 15) is 4.79 Å². The first-order valence-electron chi connectivity index (χ1n) is 4.64. The molecule has 0 aliphatic rings. The standard InChI is InChI=1S/C10H16N2O/c1-2-11-8-6-4-3-5-7-9-12-10-13/h1,3-9H2. The third-order valence-corrected chi connectivity index (χ3v) is 1.72. The van der Waals surface area contributed by atoms with Crippen LogP contribution in [0.5, 0.6) is 0 Å². The van der Waals surface area contributed by atoms with Gasteiger partial charge in [-0.15, -0.1) is 0 Å². The minimum Gasteiger partial charge on any atom is -0.244 e. The van der Waals surface area contributed by atoms with Gasteiger partial charge in [0.25, 0.3) is 0 Å². The van der Waals surface area contributed by atoms with Gasteiger partial charge in [-0.2, -0.15) is 0 Å². The van der Waals surface area contributed by atoms with E-state index < -0.39 is 0 Å². The summed E-state index contributed by atoms with van der Waals surface area (Å²) in [5, 5.41) is 0. The molecule has 0 fully saturated rings. The molecule has 0 bridgehead atoms. The summed E-state index contributed by atoms with van der Waals surface area (Å²) in [5.74, 6) is 2.50. The van der Waals surface area contributed by atoms with Crippen molar-refractivity contribution < 1.29 is 4.79 Å². The van der Waals surface area contributed by atoms with Crippen LogP contribution in [-0.4, -0.2) is 25.0 Å². The van der Waals surface area contributed by atoms with Gasteiger partial charge in [0.1, 0.15) is 0 Å². The molecule has 0 aromatic heterocycles. The first kappa shape index (κ1) is 11.8. The molecule has 0 unspecified atom stereocenters. The highest BCUT2D eigenvalue weighted by Crippen LogP contribution is 2.02. The molecular formula is C10H16N2O. The highest BCUT2D eigenvalue weighted by Gasteiger charge is 1.88. The largest absolute Gasteiger partial charge is 0.244 e. The molecule has 3 heteroatoms. The molecule has 3 nitrogen and oxygen atoms in total. The Morgan fingerprint density at radius 1 is 0.923 bits per heavy atom. The number of carbonyl (C=O) groups excluding carboxylic acids is 1. The zero-order valence-corrected chi connectivity index (χ0v) is 7.96. The minimum atomic E-state index is 0.619. The molecule has 0 amide bonds. The van der Waals surface area contributed by atoms with Crippen LogP contribution in [0, 0.1) is 0 Å². The molecule has 0 saturated heterocycles. The van der Waals surface area contributed by atoms with Crippen molar-refractivity contribution in [3.05, 3.63) is 6.58 Å². The predicted octanol–water partition coefficient (Wildman–Crippen LogP) is 2.13. The molecule has 0 N–H and O–H groups in total. The highest BCUT2D eigenvalue weighted by molar-refractivity contribution is 5.46. The average molecular weight is 180 g/mol. The topological polar surface area (TPSA) is 41.8 Å². The van der Waals surface area contributed by atoms with E-state index in [1.807, 2.05) is 0 Å². The van der Waals surface area contributed by atoms with E-state index in [1.54, 1.807) is 0 Å². The summed E-state index contributed by atoms with van der Waals surface area (Å²) in [6.45, 7) is 4.84. The number of nitrogens with zero attached hydrogens (tertiary/aromatic N) is 2. The van der Waals surface area contributed by atoms with Gasteiger partial charge >= 0.3 is 0 Å². The number of hydrogen-bond donors (Lipinski definition) is 0. The molecule has 0 aliphatic heterocycles. The third-order valence-electron chi connectivity index (χ3n) is 1.72. The molecule has 0 radical (unpaired) electrons. The number of hydrogen-bond acceptors (Lipinski definition) is 3. The maximum absolute atomic E-state index is 9.70. The highest BCUT2D eigenvalue weighted by atomic mass is 16.1. The van der Waals surface area contributed by atoms with E-state index in [2.05, 4.69) is 22.4 Å². The van der Waals surface area contributed by atoms with Crippen LogP contribution < -0.4 is 0 Å². The SMILES string of the molecule is C=C=NCCCCCCCN=C=O. The maximum Gasteiger partial charge on any atom is 0.234 e. The lowest BCUT2D eigenvalue weighted by atomic mass is 10.1. The van der Waals surface area contributed by atoms with Crippen molar-refractivity contribution in [2.24, 2.45) is 9.98 Å². The van der Waals surface area contributed by atoms with E-state index >= 15 is 0 Å². The van der Waals surface area contributed by atoms with Crippen LogP contribution in [0.3, 0.4) is 0 Å². The first-order chi connectivity index (χ1) is 6.41. The fourth-order valence-corrected chi connectivity index (χ4v) is 1.04. The van der Waals surface area contributed by atoms with E-state index in [-0.39, 0.29) is 0 Å². The van der Waals surface area contributed by atoms with Crippen LogP contribution in [0.25, 0.3) is 0 Å². The Morgan fingerprint density at radius 2 is 1.46 bits per heavy atom. The van der Waals surface area contributed by atoms with E-state index in [0.717, 1.165) is 25.8 Å². The second kappa shape index (κ2) is 10.8. The molecule has 0 aromatic rings. The summed E-state index contributed by atoms with van der Waals surface area (Å²) in [7, 11) is 0. The number of isocyanates is 1. The van der Waals surface area contributed by atoms with Crippen molar-refractivity contribution in [3.63, 3.8) is 0 Å². The smallest absolute Gasteiger partial charge is 0.234 e. The van der Waals surface area contributed by atoms with Gasteiger partial charge in [-0.25, -0.2) is 14.8 Å². The predicted molar refractivity (Wildman–Crippen MR) is 54.0 cm³/mol. The molecule has 72 valence electrons. The van der Waals surface area contributed by atoms with Gasteiger partial charge in [-0.05, 0) is 25.3 Å². The van der Waals surface area contributed by atoms with Crippen LogP contribution in [0.4, 0.5) is 0 Å². The van der Waals surface area contributed by atoms with E-state index in [4.69, 9.17) is 0 Å². The van der Waals surface area contributed by atoms with Gasteiger partial charge < -0.3 is 0 Å². The van der Waals surface area contributed by atoms with Gasteiger partial charge in [0, 0.05) is 6.54 Å². The number of rotatable bonds is 8. The van der Waals surface area contributed by atoms with Gasteiger partial charge in [-0.1, -0.05) is 19.3 Å². The molecular weight excluding hydrogens is 164 g/mol. The Labute approximate surface area is 79.3 Å². The Balaban J connectivity index is 2.99. The summed E-state index contributed by atoms with van der Waals surface area (Å²) >= 11 is 0. The molecule has 0 rings (SSSR count). The van der Waals surface area contributed by atoms with Crippen LogP contribution >= 0.6 is 0 Å². The van der Waals surface area contributed by atoms with Crippen molar-refractivity contribution in [3.8, 4) is 0 Å². The van der Waals surface area contributed by atoms with Gasteiger partial charge in [0.15, 0.2) is 0 Å². The summed E-state index contributed by atoms with van der Waals surface area (Å²) in [6.07, 6.45) is 7.10. The van der Waals surface area contributed by atoms with E-state index in [0.29, 0.717) is 6.54 Å². The van der Waals surface area contributed by atoms with Gasteiger partial charge in [0.05, 0.1) is 6.54 Å². The van der Waals surface area contributed by atoms with Crippen LogP contribution in [-0.2, 0) is 4.79 Å². The second-order valence-electron chi connectivity index (χ2n) is 2.78. The van der Waals surface area contributed by atoms with Gasteiger partial charge in [-0.3, -0.25) is 0 Å². The van der Waals surface area contributed by atoms with Crippen LogP contribution in [0.15, 0.2) is 16.6 Å². The van der Waals surface area contributed by atoms with Crippen LogP contribution in [0.2, 0.25) is 0 Å². The fraction of sp³-hybridized carbons (Fsp3) is 0.700. The first-order valence-corrected chi connectivity index (χ1v) is 4.64. The molecule has 0 heterocycles. The lowest BCUT2D eigenvalue weighted by Gasteiger charge is -1.96. The quantitative estimate of drug-likeness (QED) is 0.320. The lowest BCUT2D eigenvalue weighted by Crippen LogP contribution is -1.84. The Kier molecular flexibility index (Phi) is 9.86. The summed E-state index contributed by atoms with van der Waals surface area (Å²) < 4.78 is 0. The Hall–Kier alpha value is -1.17. The zero-order valence-electron chi connectivity index (χ0n) is 7.96. The number of aliphatic imine (C=N–C) groups is 2. The van der Waals surface area contributed by atoms with Crippen molar-refractivity contribution >= 4 is 11.9 Å². The normalized spacial score (nSPS) is 8.62. The Morgan fingerprint density at radius 3 is 2.00 bits per heavy atom. The lowest BCUT2D eigenvalue weighted by molar-refractivity contribution is 0.560. The number of unbranched alkanes of at least 4 members (excludes halogenated alkanes) is 4. The Bertz CT molecular complexity index is 179. The zero-order chi connectivity index (χ0) is 9.78. The summed E-state index contributed by atoms with van der Waals surface area (Å²) in [6, 6.07) is 0. The van der Waals surface area contributed by atoms with Crippen LogP contribution in [0.1, 0.15) is 32.1 Å². The third kappa shape index (κ3) is 10.8. The maximum atomic E-state index is 9.70. The summed E-state index contributed by atoms with van der Waals surface area (Å²) in [4.78, 5) is 17.1. The minimum absolute atomic E-state index is 0.619. The van der Waals surface area contributed by atoms with Gasteiger partial charge in [0.2, 0.25) is 6.08 Å². The molecule has 0 spiro atoms. The molecule has 0 aromatic carbocycles. The second-order valence-corrected chi connectivity index (χ2v) is 2.78. The van der Waals surface area contributed by atoms with E-state index in [1.165, 1.54) is 18.9 Å². The van der Waals surface area contributed by atoms with Crippen molar-refractivity contribution in [2.45, 2.75) is 32.1 Å². The molecule has 0 saturated carbocycles. The fourth-order valence-electron chi connectivity index (χ4n) is 1.04. The average Bonchev–Trinajstić information content (AvgIpc) is 2.16. The summed E-state index contributed by atoms with van der Waals surface area (Å²) in [5.41, 5.74) is 0.